The molecule has 2 aliphatic rings. The van der Waals surface area contributed by atoms with Crippen molar-refractivity contribution in [3.05, 3.63) is 22.4 Å². The zero-order chi connectivity index (χ0) is 13.2. The van der Waals surface area contributed by atoms with E-state index in [9.17, 15) is 4.79 Å². The number of halogens is 1. The predicted octanol–water partition coefficient (Wildman–Crippen LogP) is 3.35. The lowest BCUT2D eigenvalue weighted by atomic mass is 9.99. The Balaban J connectivity index is 0.00000147. The molecule has 1 aromatic rings. The van der Waals surface area contributed by atoms with Gasteiger partial charge in [0, 0.05) is 23.9 Å². The molecule has 20 heavy (non-hydrogen) atoms. The Labute approximate surface area is 130 Å². The average molecular weight is 315 g/mol. The largest absolute Gasteiger partial charge is 0.335 e. The average Bonchev–Trinajstić information content (AvgIpc) is 3.09. The molecule has 2 heterocycles. The van der Waals surface area contributed by atoms with Crippen LogP contribution in [0, 0.1) is 5.92 Å². The number of nitrogens with two attached hydrogens (primary N) is 1. The van der Waals surface area contributed by atoms with E-state index in [0.29, 0.717) is 24.3 Å². The molecule has 1 saturated heterocycles. The van der Waals surface area contributed by atoms with Crippen LogP contribution in [0.15, 0.2) is 17.5 Å². The van der Waals surface area contributed by atoms with Crippen molar-refractivity contribution in [2.45, 2.75) is 50.6 Å². The van der Waals surface area contributed by atoms with Crippen molar-refractivity contribution >= 4 is 29.7 Å². The third-order valence-electron chi connectivity index (χ3n) is 4.60. The molecule has 1 unspecified atom stereocenters. The van der Waals surface area contributed by atoms with Crippen molar-refractivity contribution in [3.63, 3.8) is 0 Å². The normalized spacial score (nSPS) is 29.4. The predicted molar refractivity (Wildman–Crippen MR) is 85.2 cm³/mol. The smallest absolute Gasteiger partial charge is 0.223 e. The number of nitrogens with zero attached hydrogens (tertiary/aromatic N) is 1. The monoisotopic (exact) mass is 314 g/mol. The van der Waals surface area contributed by atoms with Crippen molar-refractivity contribution < 1.29 is 4.79 Å². The van der Waals surface area contributed by atoms with E-state index in [0.717, 1.165) is 32.2 Å². The maximum absolute atomic E-state index is 12.5. The highest BCUT2D eigenvalue weighted by atomic mass is 35.5. The van der Waals surface area contributed by atoms with Gasteiger partial charge in [0.1, 0.15) is 0 Å². The van der Waals surface area contributed by atoms with Crippen molar-refractivity contribution in [2.75, 3.05) is 6.54 Å². The number of carbonyl (C=O) groups excluding carboxylic acids is 1. The number of likely N-dealkylation sites (tertiary alicyclic amines) is 1. The van der Waals surface area contributed by atoms with E-state index >= 15 is 0 Å². The quantitative estimate of drug-likeness (QED) is 0.930. The van der Waals surface area contributed by atoms with Crippen LogP contribution in [0.3, 0.4) is 0 Å². The van der Waals surface area contributed by atoms with Gasteiger partial charge in [0.15, 0.2) is 0 Å². The van der Waals surface area contributed by atoms with Gasteiger partial charge in [0.05, 0.1) is 6.04 Å². The number of hydrogen-bond acceptors (Lipinski definition) is 3. The summed E-state index contributed by atoms with van der Waals surface area (Å²) in [5.41, 5.74) is 6.09. The molecule has 3 rings (SSSR count). The maximum Gasteiger partial charge on any atom is 0.223 e. The SMILES string of the molecule is Cl.N[C@@H]1CCC[C@H]1CC(=O)N1CCCC1c1cccs1. The van der Waals surface area contributed by atoms with Crippen LogP contribution >= 0.6 is 23.7 Å². The Kier molecular flexibility index (Phi) is 5.47. The first-order valence-corrected chi connectivity index (χ1v) is 8.22. The second-order valence-corrected chi connectivity index (χ2v) is 6.80. The second kappa shape index (κ2) is 6.92. The summed E-state index contributed by atoms with van der Waals surface area (Å²) in [5, 5.41) is 2.10. The molecule has 1 amide bonds. The minimum absolute atomic E-state index is 0. The van der Waals surface area contributed by atoms with E-state index in [1.54, 1.807) is 11.3 Å². The molecule has 0 spiro atoms. The fourth-order valence-electron chi connectivity index (χ4n) is 3.50. The van der Waals surface area contributed by atoms with Crippen LogP contribution in [0.25, 0.3) is 0 Å². The minimum Gasteiger partial charge on any atom is -0.335 e. The van der Waals surface area contributed by atoms with Crippen LogP contribution in [0.1, 0.15) is 49.4 Å². The van der Waals surface area contributed by atoms with Gasteiger partial charge in [-0.25, -0.2) is 0 Å². The lowest BCUT2D eigenvalue weighted by Crippen LogP contribution is -2.34. The summed E-state index contributed by atoms with van der Waals surface area (Å²) in [7, 11) is 0. The molecule has 1 saturated carbocycles. The van der Waals surface area contributed by atoms with Crippen LogP contribution in [0.5, 0.6) is 0 Å². The van der Waals surface area contributed by atoms with Crippen LogP contribution in [0.4, 0.5) is 0 Å². The van der Waals surface area contributed by atoms with Crippen molar-refractivity contribution in [1.29, 1.82) is 0 Å². The van der Waals surface area contributed by atoms with Crippen LogP contribution in [-0.4, -0.2) is 23.4 Å². The summed E-state index contributed by atoms with van der Waals surface area (Å²) in [4.78, 5) is 16.0. The van der Waals surface area contributed by atoms with Crippen molar-refractivity contribution in [1.82, 2.24) is 4.90 Å². The van der Waals surface area contributed by atoms with Crippen molar-refractivity contribution in [2.24, 2.45) is 11.7 Å². The number of thiophene rings is 1. The molecule has 1 aliphatic carbocycles. The molecule has 3 nitrogen and oxygen atoms in total. The summed E-state index contributed by atoms with van der Waals surface area (Å²) < 4.78 is 0. The number of hydrogen-bond donors (Lipinski definition) is 1. The zero-order valence-electron chi connectivity index (χ0n) is 11.7. The van der Waals surface area contributed by atoms with Crippen LogP contribution in [0.2, 0.25) is 0 Å². The van der Waals surface area contributed by atoms with Gasteiger partial charge in [-0.15, -0.1) is 23.7 Å². The molecule has 0 bridgehead atoms. The van der Waals surface area contributed by atoms with Crippen molar-refractivity contribution in [3.8, 4) is 0 Å². The molecule has 0 aromatic carbocycles. The van der Waals surface area contributed by atoms with Gasteiger partial charge in [-0.05, 0) is 43.0 Å². The highest BCUT2D eigenvalue weighted by molar-refractivity contribution is 7.10. The van der Waals surface area contributed by atoms with E-state index in [1.165, 1.54) is 11.3 Å². The Morgan fingerprint density at radius 2 is 2.20 bits per heavy atom. The molecule has 3 atom stereocenters. The summed E-state index contributed by atoms with van der Waals surface area (Å²) in [6.07, 6.45) is 6.31. The van der Waals surface area contributed by atoms with E-state index in [1.807, 2.05) is 0 Å². The molecule has 0 radical (unpaired) electrons. The minimum atomic E-state index is 0. The summed E-state index contributed by atoms with van der Waals surface area (Å²) in [6.45, 7) is 0.920. The number of carbonyl (C=O) groups is 1. The molecule has 1 aliphatic heterocycles. The van der Waals surface area contributed by atoms with Gasteiger partial charge in [-0.2, -0.15) is 0 Å². The summed E-state index contributed by atoms with van der Waals surface area (Å²) in [6, 6.07) is 4.80. The third-order valence-corrected chi connectivity index (χ3v) is 5.57. The molecule has 2 N–H and O–H groups in total. The highest BCUT2D eigenvalue weighted by Gasteiger charge is 2.33. The molecular weight excluding hydrogens is 292 g/mol. The topological polar surface area (TPSA) is 46.3 Å². The summed E-state index contributed by atoms with van der Waals surface area (Å²) in [5.74, 6) is 0.732. The molecule has 2 fully saturated rings. The lowest BCUT2D eigenvalue weighted by Gasteiger charge is -2.26. The molecule has 112 valence electrons. The maximum atomic E-state index is 12.5. The molecule has 1 aromatic heterocycles. The Morgan fingerprint density at radius 1 is 1.35 bits per heavy atom. The first-order valence-electron chi connectivity index (χ1n) is 7.34. The van der Waals surface area contributed by atoms with E-state index in [2.05, 4.69) is 22.4 Å². The van der Waals surface area contributed by atoms with E-state index in [-0.39, 0.29) is 18.4 Å². The lowest BCUT2D eigenvalue weighted by molar-refractivity contribution is -0.133. The second-order valence-electron chi connectivity index (χ2n) is 5.82. The van der Waals surface area contributed by atoms with Gasteiger partial charge in [0.25, 0.3) is 0 Å². The Hall–Kier alpha value is -0.580. The number of rotatable bonds is 3. The van der Waals surface area contributed by atoms with Gasteiger partial charge in [-0.3, -0.25) is 4.79 Å². The first kappa shape index (κ1) is 15.8. The van der Waals surface area contributed by atoms with Gasteiger partial charge < -0.3 is 10.6 Å². The standard InChI is InChI=1S/C15H22N2OS.ClH/c16-12-5-1-4-11(12)10-15(18)17-8-2-6-13(17)14-7-3-9-19-14;/h3,7,9,11-13H,1-2,4-6,8,10,16H2;1H/t11-,12+,13?;/m0./s1. The van der Waals surface area contributed by atoms with Crippen LogP contribution < -0.4 is 5.73 Å². The fourth-order valence-corrected chi connectivity index (χ4v) is 4.38. The fraction of sp³-hybridized carbons (Fsp3) is 0.667. The molecule has 5 heteroatoms. The Bertz CT molecular complexity index is 437. The van der Waals surface area contributed by atoms with Gasteiger partial charge in [0.2, 0.25) is 5.91 Å². The van der Waals surface area contributed by atoms with Gasteiger partial charge in [-0.1, -0.05) is 12.5 Å². The third kappa shape index (κ3) is 3.18. The highest BCUT2D eigenvalue weighted by Crippen LogP contribution is 2.36. The first-order chi connectivity index (χ1) is 9.25. The van der Waals surface area contributed by atoms with E-state index in [4.69, 9.17) is 5.73 Å². The summed E-state index contributed by atoms with van der Waals surface area (Å²) >= 11 is 1.77. The van der Waals surface area contributed by atoms with Gasteiger partial charge >= 0.3 is 0 Å². The molecular formula is C15H23ClN2OS. The number of amides is 1. The Morgan fingerprint density at radius 3 is 2.85 bits per heavy atom. The van der Waals surface area contributed by atoms with E-state index < -0.39 is 0 Å². The van der Waals surface area contributed by atoms with Crippen LogP contribution in [-0.2, 0) is 4.79 Å². The zero-order valence-corrected chi connectivity index (χ0v) is 13.3.